The minimum Gasteiger partial charge on any atom is -0.494 e. The zero-order chi connectivity index (χ0) is 21.8. The molecule has 0 aliphatic rings. The molecule has 0 unspecified atom stereocenters. The van der Waals surface area contributed by atoms with Crippen molar-refractivity contribution in [3.8, 4) is 17.2 Å². The number of benzene rings is 3. The average molecular weight is 499 g/mol. The number of hydrogen-bond acceptors (Lipinski definition) is 6. The first kappa shape index (κ1) is 21.1. The normalized spacial score (nSPS) is 11.3. The molecule has 0 saturated heterocycles. The molecule has 1 N–H and O–H groups in total. The fourth-order valence-electron chi connectivity index (χ4n) is 2.93. The fourth-order valence-corrected chi connectivity index (χ4v) is 4.45. The van der Waals surface area contributed by atoms with Crippen molar-refractivity contribution in [3.63, 3.8) is 0 Å². The van der Waals surface area contributed by atoms with Gasteiger partial charge in [0, 0.05) is 15.7 Å². The van der Waals surface area contributed by atoms with Crippen LogP contribution in [0.15, 0.2) is 97.7 Å². The van der Waals surface area contributed by atoms with Gasteiger partial charge >= 0.3 is 0 Å². The quantitative estimate of drug-likeness (QED) is 0.332. The summed E-state index contributed by atoms with van der Waals surface area (Å²) >= 11 is 3.33. The highest BCUT2D eigenvalue weighted by atomic mass is 79.9. The van der Waals surface area contributed by atoms with E-state index < -0.39 is 9.84 Å². The predicted octanol–water partition coefficient (Wildman–Crippen LogP) is 6.08. The van der Waals surface area contributed by atoms with E-state index in [2.05, 4.69) is 26.2 Å². The van der Waals surface area contributed by atoms with Crippen molar-refractivity contribution in [3.05, 3.63) is 83.3 Å². The van der Waals surface area contributed by atoms with Crippen LogP contribution in [0.5, 0.6) is 5.75 Å². The monoisotopic (exact) mass is 498 g/mol. The Morgan fingerprint density at radius 1 is 0.968 bits per heavy atom. The van der Waals surface area contributed by atoms with Gasteiger partial charge in [-0.05, 0) is 67.6 Å². The number of sulfone groups is 1. The van der Waals surface area contributed by atoms with Gasteiger partial charge in [-0.25, -0.2) is 8.42 Å². The second-order valence-corrected chi connectivity index (χ2v) is 9.34. The highest BCUT2D eigenvalue weighted by molar-refractivity contribution is 9.10. The van der Waals surface area contributed by atoms with Crippen molar-refractivity contribution < 1.29 is 17.6 Å². The summed E-state index contributed by atoms with van der Waals surface area (Å²) in [5.74, 6) is 0.981. The maximum atomic E-state index is 13.3. The van der Waals surface area contributed by atoms with Gasteiger partial charge in [-0.3, -0.25) is 0 Å². The van der Waals surface area contributed by atoms with E-state index in [-0.39, 0.29) is 21.7 Å². The van der Waals surface area contributed by atoms with Crippen molar-refractivity contribution in [2.75, 3.05) is 11.9 Å². The summed E-state index contributed by atoms with van der Waals surface area (Å²) in [6.45, 7) is 2.47. The van der Waals surface area contributed by atoms with E-state index in [9.17, 15) is 8.42 Å². The van der Waals surface area contributed by atoms with Crippen LogP contribution in [0.4, 0.5) is 11.6 Å². The van der Waals surface area contributed by atoms with Crippen molar-refractivity contribution in [1.82, 2.24) is 4.98 Å². The van der Waals surface area contributed by atoms with E-state index >= 15 is 0 Å². The lowest BCUT2D eigenvalue weighted by Gasteiger charge is -2.08. The first-order valence-electron chi connectivity index (χ1n) is 9.54. The Morgan fingerprint density at radius 2 is 1.65 bits per heavy atom. The molecule has 8 heteroatoms. The lowest BCUT2D eigenvalue weighted by molar-refractivity contribution is 0.340. The molecule has 4 rings (SSSR count). The molecular weight excluding hydrogens is 480 g/mol. The molecule has 0 saturated carbocycles. The van der Waals surface area contributed by atoms with Gasteiger partial charge in [0.25, 0.3) is 0 Å². The Labute approximate surface area is 189 Å². The van der Waals surface area contributed by atoms with Gasteiger partial charge < -0.3 is 14.5 Å². The third-order valence-corrected chi connectivity index (χ3v) is 6.63. The fraction of sp³-hybridized carbons (Fsp3) is 0.0870. The molecular formula is C23H19BrN2O4S. The standard InChI is InChI=1S/C23H19BrN2O4S/c1-2-29-19-12-10-18(11-13-19)25-22-23(26-21(30-22)16-6-4-3-5-7-16)31(27,28)20-14-8-17(24)9-15-20/h3-15,25H,2H2,1H3. The number of halogens is 1. The molecule has 31 heavy (non-hydrogen) atoms. The van der Waals surface area contributed by atoms with Crippen molar-refractivity contribution >= 4 is 37.3 Å². The smallest absolute Gasteiger partial charge is 0.238 e. The van der Waals surface area contributed by atoms with Gasteiger partial charge in [-0.15, -0.1) is 0 Å². The number of oxazole rings is 1. The Bertz CT molecular complexity index is 1270. The summed E-state index contributed by atoms with van der Waals surface area (Å²) in [6.07, 6.45) is 0. The number of nitrogens with one attached hydrogen (secondary N) is 1. The third kappa shape index (κ3) is 4.65. The summed E-state index contributed by atoms with van der Waals surface area (Å²) in [4.78, 5) is 4.46. The van der Waals surface area contributed by atoms with Crippen molar-refractivity contribution in [2.45, 2.75) is 16.8 Å². The predicted molar refractivity (Wildman–Crippen MR) is 122 cm³/mol. The highest BCUT2D eigenvalue weighted by Crippen LogP contribution is 2.34. The van der Waals surface area contributed by atoms with Gasteiger partial charge in [0.2, 0.25) is 26.6 Å². The number of ether oxygens (including phenoxy) is 1. The molecule has 0 radical (unpaired) electrons. The van der Waals surface area contributed by atoms with Crippen molar-refractivity contribution in [1.29, 1.82) is 0 Å². The van der Waals surface area contributed by atoms with Crippen LogP contribution in [-0.4, -0.2) is 20.0 Å². The summed E-state index contributed by atoms with van der Waals surface area (Å²) in [7, 11) is -3.92. The van der Waals surface area contributed by atoms with E-state index in [1.165, 1.54) is 12.1 Å². The summed E-state index contributed by atoms with van der Waals surface area (Å²) < 4.78 is 38.8. The largest absolute Gasteiger partial charge is 0.494 e. The van der Waals surface area contributed by atoms with Crippen LogP contribution in [0.2, 0.25) is 0 Å². The van der Waals surface area contributed by atoms with Gasteiger partial charge in [0.05, 0.1) is 11.5 Å². The maximum Gasteiger partial charge on any atom is 0.238 e. The van der Waals surface area contributed by atoms with Crippen LogP contribution in [0.3, 0.4) is 0 Å². The molecule has 4 aromatic rings. The average Bonchev–Trinajstić information content (AvgIpc) is 3.21. The first-order chi connectivity index (χ1) is 15.0. The zero-order valence-corrected chi connectivity index (χ0v) is 19.0. The van der Waals surface area contributed by atoms with Crippen LogP contribution in [-0.2, 0) is 9.84 Å². The molecule has 0 aliphatic carbocycles. The second kappa shape index (κ2) is 8.95. The SMILES string of the molecule is CCOc1ccc(Nc2oc(-c3ccccc3)nc2S(=O)(=O)c2ccc(Br)cc2)cc1. The van der Waals surface area contributed by atoms with Crippen LogP contribution in [0.1, 0.15) is 6.92 Å². The van der Waals surface area contributed by atoms with E-state index in [1.54, 1.807) is 36.4 Å². The molecule has 0 spiro atoms. The molecule has 3 aromatic carbocycles. The topological polar surface area (TPSA) is 81.4 Å². The van der Waals surface area contributed by atoms with Crippen LogP contribution in [0.25, 0.3) is 11.5 Å². The number of rotatable bonds is 7. The molecule has 0 fully saturated rings. The van der Waals surface area contributed by atoms with Gasteiger partial charge in [0.15, 0.2) is 0 Å². The van der Waals surface area contributed by atoms with E-state index in [4.69, 9.17) is 9.15 Å². The van der Waals surface area contributed by atoms with Gasteiger partial charge in [-0.1, -0.05) is 34.1 Å². The van der Waals surface area contributed by atoms with E-state index in [0.29, 0.717) is 17.9 Å². The molecule has 0 bridgehead atoms. The summed E-state index contributed by atoms with van der Waals surface area (Å²) in [5, 5.41) is 2.87. The van der Waals surface area contributed by atoms with Crippen LogP contribution in [0, 0.1) is 0 Å². The summed E-state index contributed by atoms with van der Waals surface area (Å²) in [6, 6.07) is 22.7. The van der Waals surface area contributed by atoms with E-state index in [1.807, 2.05) is 37.3 Å². The van der Waals surface area contributed by atoms with E-state index in [0.717, 1.165) is 10.2 Å². The zero-order valence-electron chi connectivity index (χ0n) is 16.6. The minimum atomic E-state index is -3.92. The second-order valence-electron chi connectivity index (χ2n) is 6.56. The lowest BCUT2D eigenvalue weighted by atomic mass is 10.2. The first-order valence-corrected chi connectivity index (χ1v) is 11.8. The van der Waals surface area contributed by atoms with Gasteiger partial charge in [0.1, 0.15) is 5.75 Å². The minimum absolute atomic E-state index is 0.0472. The van der Waals surface area contributed by atoms with Crippen LogP contribution < -0.4 is 10.1 Å². The molecule has 1 aromatic heterocycles. The summed E-state index contributed by atoms with van der Waals surface area (Å²) in [5.41, 5.74) is 1.32. The molecule has 0 atom stereocenters. The Balaban J connectivity index is 1.77. The Morgan fingerprint density at radius 3 is 2.29 bits per heavy atom. The number of aromatic nitrogens is 1. The van der Waals surface area contributed by atoms with Crippen LogP contribution >= 0.6 is 15.9 Å². The molecule has 0 amide bonds. The Hall–Kier alpha value is -3.10. The number of hydrogen-bond donors (Lipinski definition) is 1. The van der Waals surface area contributed by atoms with Gasteiger partial charge in [-0.2, -0.15) is 4.98 Å². The molecule has 6 nitrogen and oxygen atoms in total. The maximum absolute atomic E-state index is 13.3. The molecule has 1 heterocycles. The van der Waals surface area contributed by atoms with Crippen molar-refractivity contribution in [2.24, 2.45) is 0 Å². The third-order valence-electron chi connectivity index (χ3n) is 4.42. The molecule has 158 valence electrons. The highest BCUT2D eigenvalue weighted by Gasteiger charge is 2.28. The molecule has 0 aliphatic heterocycles. The Kier molecular flexibility index (Phi) is 6.11. The number of nitrogens with zero attached hydrogens (tertiary/aromatic N) is 1. The number of anilines is 2. The lowest BCUT2D eigenvalue weighted by Crippen LogP contribution is -2.05.